The van der Waals surface area contributed by atoms with E-state index in [1.165, 1.54) is 0 Å². The first-order chi connectivity index (χ1) is 14.7. The molecule has 1 aliphatic rings. The van der Waals surface area contributed by atoms with Gasteiger partial charge in [0.25, 0.3) is 0 Å². The fourth-order valence-corrected chi connectivity index (χ4v) is 3.79. The lowest BCUT2D eigenvalue weighted by atomic mass is 10.0. The Morgan fingerprint density at radius 3 is 2.65 bits per heavy atom. The van der Waals surface area contributed by atoms with Crippen molar-refractivity contribution in [2.24, 2.45) is 0 Å². The van der Waals surface area contributed by atoms with E-state index in [1.807, 2.05) is 14.0 Å². The summed E-state index contributed by atoms with van der Waals surface area (Å²) in [6.45, 7) is 2.99. The fraction of sp³-hybridized carbons (Fsp3) is 0.409. The number of carbonyl (C=O) groups excluding carboxylic acids is 1. The molecule has 9 heteroatoms. The van der Waals surface area contributed by atoms with Gasteiger partial charge in [-0.2, -0.15) is 18.3 Å². The van der Waals surface area contributed by atoms with Crippen LogP contribution >= 0.6 is 0 Å². The van der Waals surface area contributed by atoms with Gasteiger partial charge in [-0.25, -0.2) is 14.3 Å². The smallest absolute Gasteiger partial charge is 0.433 e. The summed E-state index contributed by atoms with van der Waals surface area (Å²) < 4.78 is 47.2. The Morgan fingerprint density at radius 2 is 1.97 bits per heavy atom. The Labute approximate surface area is 177 Å². The summed E-state index contributed by atoms with van der Waals surface area (Å²) >= 11 is 0. The number of ether oxygens (including phenoxy) is 1. The number of piperidine rings is 1. The van der Waals surface area contributed by atoms with E-state index in [0.717, 1.165) is 43.6 Å². The number of benzene rings is 1. The van der Waals surface area contributed by atoms with Crippen LogP contribution in [0.3, 0.4) is 0 Å². The SMILES string of the molecule is Cc1ccc(-c2cc(C(F)(F)F)n3ncc(C(=O)OCC4CCCCN4C)c3n2)cc1. The quantitative estimate of drug-likeness (QED) is 0.573. The normalized spacial score (nSPS) is 17.8. The molecule has 1 fully saturated rings. The second-order valence-corrected chi connectivity index (χ2v) is 7.91. The van der Waals surface area contributed by atoms with Gasteiger partial charge in [0.2, 0.25) is 0 Å². The van der Waals surface area contributed by atoms with Crippen molar-refractivity contribution in [2.45, 2.75) is 38.4 Å². The number of hydrogen-bond acceptors (Lipinski definition) is 5. The Bertz CT molecular complexity index is 1090. The molecule has 1 atom stereocenters. The van der Waals surface area contributed by atoms with Crippen molar-refractivity contribution in [3.05, 3.63) is 53.3 Å². The van der Waals surface area contributed by atoms with Crippen LogP contribution in [0, 0.1) is 6.92 Å². The zero-order valence-corrected chi connectivity index (χ0v) is 17.3. The van der Waals surface area contributed by atoms with Crippen LogP contribution in [0.1, 0.15) is 40.9 Å². The van der Waals surface area contributed by atoms with Crippen molar-refractivity contribution in [3.63, 3.8) is 0 Å². The molecule has 0 spiro atoms. The van der Waals surface area contributed by atoms with Crippen LogP contribution < -0.4 is 0 Å². The number of likely N-dealkylation sites (tertiary alicyclic amines) is 1. The first-order valence-electron chi connectivity index (χ1n) is 10.1. The number of carbonyl (C=O) groups is 1. The van der Waals surface area contributed by atoms with Gasteiger partial charge in [-0.1, -0.05) is 36.2 Å². The standard InChI is InChI=1S/C22H23F3N4O2/c1-14-6-8-15(9-7-14)18-11-19(22(23,24)25)29-20(27-18)17(12-26-29)21(30)31-13-16-5-3-4-10-28(16)2/h6-9,11-12,16H,3-5,10,13H2,1-2H3. The predicted molar refractivity (Wildman–Crippen MR) is 109 cm³/mol. The highest BCUT2D eigenvalue weighted by Crippen LogP contribution is 2.33. The van der Waals surface area contributed by atoms with Gasteiger partial charge in [0.1, 0.15) is 12.2 Å². The number of nitrogens with zero attached hydrogens (tertiary/aromatic N) is 4. The van der Waals surface area contributed by atoms with Crippen LogP contribution in [0.25, 0.3) is 16.9 Å². The lowest BCUT2D eigenvalue weighted by Gasteiger charge is -2.31. The number of halogens is 3. The Morgan fingerprint density at radius 1 is 1.23 bits per heavy atom. The summed E-state index contributed by atoms with van der Waals surface area (Å²) in [6, 6.07) is 8.02. The van der Waals surface area contributed by atoms with Gasteiger partial charge in [0.15, 0.2) is 11.3 Å². The first kappa shape index (κ1) is 21.3. The molecule has 0 saturated carbocycles. The average molecular weight is 432 g/mol. The predicted octanol–water partition coefficient (Wildman–Crippen LogP) is 4.36. The number of rotatable bonds is 4. The van der Waals surface area contributed by atoms with Crippen molar-refractivity contribution >= 4 is 11.6 Å². The number of alkyl halides is 3. The lowest BCUT2D eigenvalue weighted by Crippen LogP contribution is -2.39. The molecule has 1 aliphatic heterocycles. The van der Waals surface area contributed by atoms with Crippen LogP contribution in [0.2, 0.25) is 0 Å². The molecular weight excluding hydrogens is 409 g/mol. The Kier molecular flexibility index (Phi) is 5.70. The van der Waals surface area contributed by atoms with E-state index < -0.39 is 17.8 Å². The third kappa shape index (κ3) is 4.41. The molecule has 1 unspecified atom stereocenters. The third-order valence-electron chi connectivity index (χ3n) is 5.66. The maximum Gasteiger partial charge on any atom is 0.433 e. The molecule has 6 nitrogen and oxygen atoms in total. The number of likely N-dealkylation sites (N-methyl/N-ethyl adjacent to an activating group) is 1. The number of aryl methyl sites for hydroxylation is 1. The molecule has 2 aromatic heterocycles. The molecule has 0 N–H and O–H groups in total. The van der Waals surface area contributed by atoms with Crippen molar-refractivity contribution in [2.75, 3.05) is 20.2 Å². The van der Waals surface area contributed by atoms with Gasteiger partial charge in [-0.3, -0.25) is 0 Å². The zero-order valence-electron chi connectivity index (χ0n) is 17.3. The number of fused-ring (bicyclic) bond motifs is 1. The van der Waals surface area contributed by atoms with E-state index in [-0.39, 0.29) is 29.6 Å². The van der Waals surface area contributed by atoms with Gasteiger partial charge >= 0.3 is 12.1 Å². The maximum atomic E-state index is 13.7. The molecule has 4 rings (SSSR count). The Hall–Kier alpha value is -2.94. The summed E-state index contributed by atoms with van der Waals surface area (Å²) in [4.78, 5) is 19.2. The molecular formula is C22H23F3N4O2. The minimum atomic E-state index is -4.67. The summed E-state index contributed by atoms with van der Waals surface area (Å²) in [7, 11) is 1.97. The largest absolute Gasteiger partial charge is 0.460 e. The summed E-state index contributed by atoms with van der Waals surface area (Å²) in [5.41, 5.74) is 0.343. The second-order valence-electron chi connectivity index (χ2n) is 7.91. The van der Waals surface area contributed by atoms with Crippen molar-refractivity contribution in [1.82, 2.24) is 19.5 Å². The van der Waals surface area contributed by atoms with E-state index in [2.05, 4.69) is 15.0 Å². The molecule has 164 valence electrons. The molecule has 0 amide bonds. The van der Waals surface area contributed by atoms with Crippen molar-refractivity contribution in [3.8, 4) is 11.3 Å². The second kappa shape index (κ2) is 8.30. The van der Waals surface area contributed by atoms with E-state index in [4.69, 9.17) is 4.74 Å². The number of hydrogen-bond donors (Lipinski definition) is 0. The topological polar surface area (TPSA) is 59.7 Å². The average Bonchev–Trinajstić information content (AvgIpc) is 3.16. The van der Waals surface area contributed by atoms with Gasteiger partial charge in [0, 0.05) is 11.6 Å². The highest BCUT2D eigenvalue weighted by molar-refractivity contribution is 5.96. The van der Waals surface area contributed by atoms with Crippen molar-refractivity contribution in [1.29, 1.82) is 0 Å². The van der Waals surface area contributed by atoms with Gasteiger partial charge in [-0.05, 0) is 39.4 Å². The van der Waals surface area contributed by atoms with Crippen LogP contribution in [-0.4, -0.2) is 51.7 Å². The summed E-state index contributed by atoms with van der Waals surface area (Å²) in [6.07, 6.45) is -0.519. The Balaban J connectivity index is 1.70. The number of esters is 1. The van der Waals surface area contributed by atoms with E-state index in [1.54, 1.807) is 24.3 Å². The molecule has 3 heterocycles. The molecule has 1 saturated heterocycles. The molecule has 0 radical (unpaired) electrons. The highest BCUT2D eigenvalue weighted by Gasteiger charge is 2.36. The summed E-state index contributed by atoms with van der Waals surface area (Å²) in [5.74, 6) is -0.726. The van der Waals surface area contributed by atoms with Gasteiger partial charge < -0.3 is 9.64 Å². The summed E-state index contributed by atoms with van der Waals surface area (Å²) in [5, 5.41) is 3.79. The zero-order chi connectivity index (χ0) is 22.2. The molecule has 1 aromatic carbocycles. The van der Waals surface area contributed by atoms with E-state index >= 15 is 0 Å². The van der Waals surface area contributed by atoms with Crippen LogP contribution in [0.15, 0.2) is 36.5 Å². The third-order valence-corrected chi connectivity index (χ3v) is 5.66. The van der Waals surface area contributed by atoms with Gasteiger partial charge in [-0.15, -0.1) is 0 Å². The van der Waals surface area contributed by atoms with E-state index in [9.17, 15) is 18.0 Å². The highest BCUT2D eigenvalue weighted by atomic mass is 19.4. The van der Waals surface area contributed by atoms with Crippen LogP contribution in [-0.2, 0) is 10.9 Å². The van der Waals surface area contributed by atoms with E-state index in [0.29, 0.717) is 10.1 Å². The maximum absolute atomic E-state index is 13.7. The minimum absolute atomic E-state index is 0.0853. The number of aromatic nitrogens is 3. The minimum Gasteiger partial charge on any atom is -0.460 e. The fourth-order valence-electron chi connectivity index (χ4n) is 3.79. The molecule has 0 aliphatic carbocycles. The molecule has 0 bridgehead atoms. The van der Waals surface area contributed by atoms with Crippen LogP contribution in [0.5, 0.6) is 0 Å². The van der Waals surface area contributed by atoms with Crippen molar-refractivity contribution < 1.29 is 22.7 Å². The molecule has 31 heavy (non-hydrogen) atoms. The molecule has 3 aromatic rings. The van der Waals surface area contributed by atoms with Crippen LogP contribution in [0.4, 0.5) is 13.2 Å². The first-order valence-corrected chi connectivity index (χ1v) is 10.1. The lowest BCUT2D eigenvalue weighted by molar-refractivity contribution is -0.142. The monoisotopic (exact) mass is 432 g/mol. The van der Waals surface area contributed by atoms with Gasteiger partial charge in [0.05, 0.1) is 11.9 Å².